The van der Waals surface area contributed by atoms with Crippen molar-refractivity contribution < 1.29 is 19.1 Å². The summed E-state index contributed by atoms with van der Waals surface area (Å²) >= 11 is 0. The van der Waals surface area contributed by atoms with Gasteiger partial charge in [-0.3, -0.25) is 19.3 Å². The molecule has 1 heterocycles. The summed E-state index contributed by atoms with van der Waals surface area (Å²) in [7, 11) is 0. The quantitative estimate of drug-likeness (QED) is 0.623. The molecule has 3 rings (SSSR count). The number of likely N-dealkylation sites (N-methyl/N-ethyl adjacent to an activating group) is 1. The lowest BCUT2D eigenvalue weighted by Crippen LogP contribution is -2.49. The number of ether oxygens (including phenoxy) is 1. The second-order valence-electron chi connectivity index (χ2n) is 7.43. The highest BCUT2D eigenvalue weighted by atomic mass is 16.5. The summed E-state index contributed by atoms with van der Waals surface area (Å²) in [4.78, 5) is 41.4. The Morgan fingerprint density at radius 3 is 2.50 bits per heavy atom. The maximum atomic E-state index is 13.1. The fourth-order valence-corrected chi connectivity index (χ4v) is 3.53. The van der Waals surface area contributed by atoms with E-state index in [1.807, 2.05) is 44.2 Å². The van der Waals surface area contributed by atoms with E-state index < -0.39 is 6.10 Å². The monoisotopic (exact) mass is 408 g/mol. The summed E-state index contributed by atoms with van der Waals surface area (Å²) in [6, 6.07) is 14.8. The molecule has 2 aromatic rings. The van der Waals surface area contributed by atoms with Gasteiger partial charge < -0.3 is 9.64 Å². The van der Waals surface area contributed by atoms with Gasteiger partial charge in [0.05, 0.1) is 5.69 Å². The van der Waals surface area contributed by atoms with Gasteiger partial charge in [-0.1, -0.05) is 37.3 Å². The summed E-state index contributed by atoms with van der Waals surface area (Å²) < 4.78 is 5.71. The van der Waals surface area contributed by atoms with Gasteiger partial charge in [-0.15, -0.1) is 0 Å². The third-order valence-corrected chi connectivity index (χ3v) is 5.21. The molecule has 1 aliphatic heterocycles. The highest BCUT2D eigenvalue weighted by Gasteiger charge is 2.34. The van der Waals surface area contributed by atoms with Crippen LogP contribution in [0.1, 0.15) is 49.5 Å². The zero-order valence-corrected chi connectivity index (χ0v) is 17.8. The highest BCUT2D eigenvalue weighted by Crippen LogP contribution is 2.35. The number of Topliss-reactive ketones (excluding diaryl/α,β-unsaturated/α-hetero) is 1. The predicted octanol–water partition coefficient (Wildman–Crippen LogP) is 3.83. The minimum atomic E-state index is -0.688. The van der Waals surface area contributed by atoms with Gasteiger partial charge >= 0.3 is 0 Å². The van der Waals surface area contributed by atoms with Crippen molar-refractivity contribution in [1.29, 1.82) is 0 Å². The van der Waals surface area contributed by atoms with Crippen molar-refractivity contribution in [2.75, 3.05) is 18.0 Å². The van der Waals surface area contributed by atoms with Crippen LogP contribution >= 0.6 is 0 Å². The number of carbonyl (C=O) groups excluding carboxylic acids is 3. The molecule has 0 fully saturated rings. The van der Waals surface area contributed by atoms with Crippen molar-refractivity contribution >= 4 is 23.3 Å². The van der Waals surface area contributed by atoms with E-state index in [4.69, 9.17) is 4.74 Å². The van der Waals surface area contributed by atoms with Gasteiger partial charge in [0.25, 0.3) is 5.91 Å². The van der Waals surface area contributed by atoms with Crippen LogP contribution in [0.2, 0.25) is 0 Å². The predicted molar refractivity (Wildman–Crippen MR) is 116 cm³/mol. The molecule has 6 nitrogen and oxygen atoms in total. The SMILES string of the molecule is CCCC(=O)c1ccc2c(c1)N(CC(=O)N(CC)Cc1ccccc1)C(=O)C(C)O2. The summed E-state index contributed by atoms with van der Waals surface area (Å²) in [6.45, 7) is 6.45. The Morgan fingerprint density at radius 1 is 1.10 bits per heavy atom. The summed E-state index contributed by atoms with van der Waals surface area (Å²) in [6.07, 6.45) is 0.491. The molecule has 30 heavy (non-hydrogen) atoms. The van der Waals surface area contributed by atoms with E-state index in [1.54, 1.807) is 30.0 Å². The molecule has 0 bridgehead atoms. The maximum Gasteiger partial charge on any atom is 0.268 e. The Balaban J connectivity index is 1.85. The number of hydrogen-bond donors (Lipinski definition) is 0. The first-order valence-corrected chi connectivity index (χ1v) is 10.4. The molecule has 6 heteroatoms. The van der Waals surface area contributed by atoms with E-state index in [0.29, 0.717) is 36.5 Å². The summed E-state index contributed by atoms with van der Waals surface area (Å²) in [5, 5.41) is 0. The highest BCUT2D eigenvalue weighted by molar-refractivity contribution is 6.05. The van der Waals surface area contributed by atoms with Crippen molar-refractivity contribution in [3.05, 3.63) is 59.7 Å². The number of nitrogens with zero attached hydrogens (tertiary/aromatic N) is 2. The molecule has 2 aromatic carbocycles. The lowest BCUT2D eigenvalue weighted by Gasteiger charge is -2.34. The molecule has 0 spiro atoms. The van der Waals surface area contributed by atoms with Crippen molar-refractivity contribution in [3.8, 4) is 5.75 Å². The minimum Gasteiger partial charge on any atom is -0.479 e. The van der Waals surface area contributed by atoms with E-state index >= 15 is 0 Å². The van der Waals surface area contributed by atoms with Crippen LogP contribution in [0.4, 0.5) is 5.69 Å². The van der Waals surface area contributed by atoms with Crippen molar-refractivity contribution in [1.82, 2.24) is 4.90 Å². The topological polar surface area (TPSA) is 66.9 Å². The zero-order chi connectivity index (χ0) is 21.7. The van der Waals surface area contributed by atoms with Gasteiger partial charge in [0, 0.05) is 25.1 Å². The molecule has 0 N–H and O–H groups in total. The van der Waals surface area contributed by atoms with E-state index in [-0.39, 0.29) is 24.1 Å². The number of benzene rings is 2. The van der Waals surface area contributed by atoms with Gasteiger partial charge in [-0.25, -0.2) is 0 Å². The number of amides is 2. The van der Waals surface area contributed by atoms with Gasteiger partial charge in [0.1, 0.15) is 12.3 Å². The zero-order valence-electron chi connectivity index (χ0n) is 17.8. The maximum absolute atomic E-state index is 13.1. The second kappa shape index (κ2) is 9.57. The Bertz CT molecular complexity index is 926. The minimum absolute atomic E-state index is 0.0110. The van der Waals surface area contributed by atoms with Gasteiger partial charge in [-0.05, 0) is 44.0 Å². The first kappa shape index (κ1) is 21.6. The van der Waals surface area contributed by atoms with Crippen LogP contribution in [0.5, 0.6) is 5.75 Å². The van der Waals surface area contributed by atoms with Gasteiger partial charge in [-0.2, -0.15) is 0 Å². The van der Waals surface area contributed by atoms with Crippen LogP contribution in [0.3, 0.4) is 0 Å². The Hall–Kier alpha value is -3.15. The Morgan fingerprint density at radius 2 is 1.83 bits per heavy atom. The molecule has 1 aliphatic rings. The van der Waals surface area contributed by atoms with Gasteiger partial charge in [0.2, 0.25) is 5.91 Å². The number of hydrogen-bond acceptors (Lipinski definition) is 4. The largest absolute Gasteiger partial charge is 0.479 e. The molecule has 1 atom stereocenters. The molecule has 0 saturated carbocycles. The number of ketones is 1. The molecule has 0 aliphatic carbocycles. The first-order chi connectivity index (χ1) is 14.4. The summed E-state index contributed by atoms with van der Waals surface area (Å²) in [5.41, 5.74) is 2.03. The average molecular weight is 408 g/mol. The number of carbonyl (C=O) groups is 3. The second-order valence-corrected chi connectivity index (χ2v) is 7.43. The molecule has 0 radical (unpaired) electrons. The first-order valence-electron chi connectivity index (χ1n) is 10.4. The Labute approximate surface area is 177 Å². The van der Waals surface area contributed by atoms with Crippen LogP contribution in [-0.2, 0) is 16.1 Å². The standard InChI is InChI=1S/C24H28N2O4/c1-4-9-21(27)19-12-13-22-20(14-19)26(24(29)17(3)30-22)16-23(28)25(5-2)15-18-10-7-6-8-11-18/h6-8,10-14,17H,4-5,9,15-16H2,1-3H3. The van der Waals surface area contributed by atoms with Crippen molar-refractivity contribution in [2.45, 2.75) is 46.3 Å². The van der Waals surface area contributed by atoms with Crippen LogP contribution in [0.15, 0.2) is 48.5 Å². The van der Waals surface area contributed by atoms with Crippen LogP contribution in [0.25, 0.3) is 0 Å². The van der Waals surface area contributed by atoms with Crippen molar-refractivity contribution in [2.24, 2.45) is 0 Å². The van der Waals surface area contributed by atoms with Crippen LogP contribution in [0, 0.1) is 0 Å². The normalized spacial score (nSPS) is 15.4. The lowest BCUT2D eigenvalue weighted by atomic mass is 10.0. The number of fused-ring (bicyclic) bond motifs is 1. The number of rotatable bonds is 8. The van der Waals surface area contributed by atoms with Crippen LogP contribution in [-0.4, -0.2) is 41.7 Å². The smallest absolute Gasteiger partial charge is 0.268 e. The van der Waals surface area contributed by atoms with E-state index in [9.17, 15) is 14.4 Å². The molecule has 0 aromatic heterocycles. The molecule has 158 valence electrons. The van der Waals surface area contributed by atoms with Crippen LogP contribution < -0.4 is 9.64 Å². The molecule has 0 saturated heterocycles. The lowest BCUT2D eigenvalue weighted by molar-refractivity contribution is -0.133. The van der Waals surface area contributed by atoms with Crippen molar-refractivity contribution in [3.63, 3.8) is 0 Å². The number of anilines is 1. The summed E-state index contributed by atoms with van der Waals surface area (Å²) in [5.74, 6) is 0.0812. The molecule has 1 unspecified atom stereocenters. The van der Waals surface area contributed by atoms with Gasteiger partial charge in [0.15, 0.2) is 11.9 Å². The average Bonchev–Trinajstić information content (AvgIpc) is 2.75. The molecular weight excluding hydrogens is 380 g/mol. The van der Waals surface area contributed by atoms with E-state index in [1.165, 1.54) is 4.90 Å². The third-order valence-electron chi connectivity index (χ3n) is 5.21. The van der Waals surface area contributed by atoms with E-state index in [2.05, 4.69) is 0 Å². The third kappa shape index (κ3) is 4.70. The Kier molecular flexibility index (Phi) is 6.87. The van der Waals surface area contributed by atoms with E-state index in [0.717, 1.165) is 12.0 Å². The molecular formula is C24H28N2O4. The fraction of sp³-hybridized carbons (Fsp3) is 0.375. The fourth-order valence-electron chi connectivity index (χ4n) is 3.53. The molecule has 2 amide bonds.